The van der Waals surface area contributed by atoms with E-state index >= 15 is 0 Å². The minimum Gasteiger partial charge on any atom is -0.440 e. The summed E-state index contributed by atoms with van der Waals surface area (Å²) < 4.78 is 19.8. The Labute approximate surface area is 241 Å². The Hall–Kier alpha value is -3.76. The molecule has 0 spiro atoms. The zero-order valence-corrected chi connectivity index (χ0v) is 23.7. The number of nitrogens with zero attached hydrogens (tertiary/aromatic N) is 2. The van der Waals surface area contributed by atoms with Gasteiger partial charge in [0.25, 0.3) is 0 Å². The van der Waals surface area contributed by atoms with E-state index in [1.807, 2.05) is 37.3 Å². The number of benzene rings is 3. The summed E-state index contributed by atoms with van der Waals surface area (Å²) in [5, 5.41) is 5.84. The molecule has 7 rings (SSSR count). The molecule has 1 amide bonds. The van der Waals surface area contributed by atoms with E-state index in [0.717, 1.165) is 50.1 Å². The number of para-hydroxylation sites is 1. The Morgan fingerprint density at radius 1 is 0.951 bits per heavy atom. The van der Waals surface area contributed by atoms with Gasteiger partial charge in [-0.1, -0.05) is 30.3 Å². The number of carbonyl (C=O) groups is 1. The van der Waals surface area contributed by atoms with Crippen LogP contribution >= 0.6 is 11.3 Å². The molecule has 1 atom stereocenters. The molecule has 2 fully saturated rings. The van der Waals surface area contributed by atoms with E-state index in [1.165, 1.54) is 0 Å². The number of anilines is 2. The van der Waals surface area contributed by atoms with Crippen LogP contribution in [0.5, 0.6) is 0 Å². The molecule has 9 heteroatoms. The lowest BCUT2D eigenvalue weighted by atomic mass is 10.0. The molecule has 0 unspecified atom stereocenters. The van der Waals surface area contributed by atoms with Crippen LogP contribution < -0.4 is 15.6 Å². The van der Waals surface area contributed by atoms with Gasteiger partial charge in [-0.3, -0.25) is 14.5 Å². The van der Waals surface area contributed by atoms with Gasteiger partial charge in [-0.15, -0.1) is 11.3 Å². The summed E-state index contributed by atoms with van der Waals surface area (Å²) in [6, 6.07) is 19.7. The van der Waals surface area contributed by atoms with Crippen molar-refractivity contribution in [2.45, 2.75) is 13.0 Å². The van der Waals surface area contributed by atoms with Crippen LogP contribution in [0.3, 0.4) is 0 Å². The number of nitrogens with one attached hydrogen (secondary N) is 1. The fourth-order valence-corrected chi connectivity index (χ4v) is 7.05. The molecule has 2 aliphatic heterocycles. The molecule has 0 bridgehead atoms. The van der Waals surface area contributed by atoms with E-state index in [2.05, 4.69) is 39.4 Å². The Balaban J connectivity index is 1.25. The highest BCUT2D eigenvalue weighted by Crippen LogP contribution is 2.42. The number of fused-ring (bicyclic) bond motifs is 4. The Morgan fingerprint density at radius 3 is 2.59 bits per heavy atom. The fraction of sp³-hybridized carbons (Fsp3) is 0.312. The van der Waals surface area contributed by atoms with Gasteiger partial charge in [-0.25, -0.2) is 0 Å². The number of thiophene rings is 1. The second kappa shape index (κ2) is 10.9. The summed E-state index contributed by atoms with van der Waals surface area (Å²) in [6.45, 7) is 7.14. The van der Waals surface area contributed by atoms with Crippen LogP contribution in [0.15, 0.2) is 69.9 Å². The zero-order chi connectivity index (χ0) is 27.9. The smallest absolute Gasteiger partial charge is 0.238 e. The molecule has 2 aliphatic rings. The molecule has 41 heavy (non-hydrogen) atoms. The summed E-state index contributed by atoms with van der Waals surface area (Å²) in [4.78, 5) is 30.2. The number of hydrogen-bond acceptors (Lipinski definition) is 8. The van der Waals surface area contributed by atoms with Crippen LogP contribution in [-0.4, -0.2) is 69.5 Å². The Bertz CT molecular complexity index is 1820. The van der Waals surface area contributed by atoms with Crippen molar-refractivity contribution in [2.24, 2.45) is 0 Å². The van der Waals surface area contributed by atoms with Gasteiger partial charge in [0, 0.05) is 69.2 Å². The maximum Gasteiger partial charge on any atom is 0.238 e. The van der Waals surface area contributed by atoms with E-state index in [-0.39, 0.29) is 17.4 Å². The third kappa shape index (κ3) is 5.10. The fourth-order valence-electron chi connectivity index (χ4n) is 5.84. The van der Waals surface area contributed by atoms with Crippen LogP contribution in [0.2, 0.25) is 0 Å². The molecule has 0 radical (unpaired) electrons. The molecule has 3 aromatic carbocycles. The summed E-state index contributed by atoms with van der Waals surface area (Å²) >= 11 is 1.70. The van der Waals surface area contributed by atoms with Crippen LogP contribution in [0.4, 0.5) is 11.6 Å². The molecule has 2 saturated heterocycles. The maximum atomic E-state index is 13.1. The topological polar surface area (TPSA) is 84.3 Å². The minimum atomic E-state index is -0.0509. The van der Waals surface area contributed by atoms with E-state index in [0.29, 0.717) is 56.3 Å². The van der Waals surface area contributed by atoms with Crippen molar-refractivity contribution in [3.63, 3.8) is 0 Å². The van der Waals surface area contributed by atoms with Crippen LogP contribution in [0, 0.1) is 0 Å². The predicted molar refractivity (Wildman–Crippen MR) is 164 cm³/mol. The molecule has 0 saturated carbocycles. The first-order valence-electron chi connectivity index (χ1n) is 14.0. The normalized spacial score (nSPS) is 18.4. The summed E-state index contributed by atoms with van der Waals surface area (Å²) in [7, 11) is 0. The number of hydrogen-bond donors (Lipinski definition) is 1. The van der Waals surface area contributed by atoms with Gasteiger partial charge in [0.05, 0.1) is 37.9 Å². The number of amides is 1. The first-order chi connectivity index (χ1) is 20.0. The van der Waals surface area contributed by atoms with E-state index in [4.69, 9.17) is 13.9 Å². The highest BCUT2D eigenvalue weighted by molar-refractivity contribution is 7.26. The molecule has 5 aromatic rings. The van der Waals surface area contributed by atoms with Crippen molar-refractivity contribution >= 4 is 60.0 Å². The molecule has 1 N–H and O–H groups in total. The average Bonchev–Trinajstić information content (AvgIpc) is 3.35. The molecule has 8 nitrogen and oxygen atoms in total. The summed E-state index contributed by atoms with van der Waals surface area (Å²) in [5.41, 5.74) is 3.23. The number of rotatable bonds is 5. The predicted octanol–water partition coefficient (Wildman–Crippen LogP) is 5.32. The monoisotopic (exact) mass is 569 g/mol. The molecule has 2 aromatic heterocycles. The molecular formula is C32H31N3O5S. The van der Waals surface area contributed by atoms with Crippen LogP contribution in [0.1, 0.15) is 6.92 Å². The zero-order valence-electron chi connectivity index (χ0n) is 22.9. The standard InChI is InChI=1S/C32H31N3O5S/c1-20-18-34(10-15-39-20)19-29(37)33-21-8-9-28-26(16-21)24-6-3-5-23(32(24)41-28)22-4-2-7-25-27(36)17-30(40-31(22)25)35-11-13-38-14-12-35/h2-9,16-17,20H,10-15,18-19H2,1H3,(H,33,37)/t20-/m1/s1. The minimum absolute atomic E-state index is 0.0273. The summed E-state index contributed by atoms with van der Waals surface area (Å²) in [5.74, 6) is 0.550. The van der Waals surface area contributed by atoms with E-state index < -0.39 is 0 Å². The van der Waals surface area contributed by atoms with Crippen molar-refractivity contribution in [1.82, 2.24) is 4.90 Å². The molecule has 210 valence electrons. The van der Waals surface area contributed by atoms with Gasteiger partial charge in [-0.2, -0.15) is 0 Å². The SMILES string of the molecule is C[C@@H]1CN(CC(=O)Nc2ccc3sc4c(-c5cccc6c(=O)cc(N7CCOCC7)oc56)cccc4c3c2)CCO1. The largest absolute Gasteiger partial charge is 0.440 e. The first-order valence-corrected chi connectivity index (χ1v) is 14.8. The van der Waals surface area contributed by atoms with Gasteiger partial charge in [0.15, 0.2) is 11.3 Å². The second-order valence-corrected chi connectivity index (χ2v) is 11.7. The highest BCUT2D eigenvalue weighted by Gasteiger charge is 2.21. The van der Waals surface area contributed by atoms with E-state index in [9.17, 15) is 9.59 Å². The van der Waals surface area contributed by atoms with Crippen molar-refractivity contribution in [1.29, 1.82) is 0 Å². The van der Waals surface area contributed by atoms with Crippen LogP contribution in [0.25, 0.3) is 42.3 Å². The molecular weight excluding hydrogens is 538 g/mol. The third-order valence-corrected chi connectivity index (χ3v) is 9.05. The Kier molecular flexibility index (Phi) is 6.96. The Morgan fingerprint density at radius 2 is 1.76 bits per heavy atom. The quantitative estimate of drug-likeness (QED) is 0.307. The first kappa shape index (κ1) is 26.2. The van der Waals surface area contributed by atoms with Crippen LogP contribution in [-0.2, 0) is 14.3 Å². The number of ether oxygens (including phenoxy) is 2. The van der Waals surface area contributed by atoms with Gasteiger partial charge in [0.1, 0.15) is 5.58 Å². The van der Waals surface area contributed by atoms with Crippen molar-refractivity contribution in [2.75, 3.05) is 62.8 Å². The third-order valence-electron chi connectivity index (χ3n) is 7.83. The number of morpholine rings is 2. The van der Waals surface area contributed by atoms with Gasteiger partial charge < -0.3 is 24.1 Å². The molecule has 4 heterocycles. The molecule has 0 aliphatic carbocycles. The number of carbonyl (C=O) groups excluding carboxylic acids is 1. The lowest BCUT2D eigenvalue weighted by molar-refractivity contribution is -0.119. The summed E-state index contributed by atoms with van der Waals surface area (Å²) in [6.07, 6.45) is 0.139. The van der Waals surface area contributed by atoms with Crippen molar-refractivity contribution < 1.29 is 18.7 Å². The highest BCUT2D eigenvalue weighted by atomic mass is 32.1. The maximum absolute atomic E-state index is 13.1. The second-order valence-electron chi connectivity index (χ2n) is 10.7. The van der Waals surface area contributed by atoms with Gasteiger partial charge in [0.2, 0.25) is 5.91 Å². The van der Waals surface area contributed by atoms with E-state index in [1.54, 1.807) is 17.4 Å². The van der Waals surface area contributed by atoms with Crippen molar-refractivity contribution in [3.05, 3.63) is 70.9 Å². The van der Waals surface area contributed by atoms with Crippen molar-refractivity contribution in [3.8, 4) is 11.1 Å². The average molecular weight is 570 g/mol. The van der Waals surface area contributed by atoms with Gasteiger partial charge in [-0.05, 0) is 31.2 Å². The lowest BCUT2D eigenvalue weighted by Crippen LogP contribution is -2.44. The van der Waals surface area contributed by atoms with Gasteiger partial charge >= 0.3 is 0 Å². The lowest BCUT2D eigenvalue weighted by Gasteiger charge is -2.30.